The molecule has 7 heteroatoms. The Labute approximate surface area is 181 Å². The number of aromatic nitrogens is 2. The van der Waals surface area contributed by atoms with E-state index in [0.717, 1.165) is 17.1 Å². The molecule has 0 atom stereocenters. The van der Waals surface area contributed by atoms with Crippen LogP contribution in [0, 0.1) is 26.6 Å². The fourth-order valence-electron chi connectivity index (χ4n) is 3.75. The maximum atomic E-state index is 13.0. The van der Waals surface area contributed by atoms with Crippen LogP contribution in [-0.4, -0.2) is 47.3 Å². The molecule has 3 aromatic rings. The maximum Gasteiger partial charge on any atom is 0.321 e. The Kier molecular flexibility index (Phi) is 5.84. The summed E-state index contributed by atoms with van der Waals surface area (Å²) < 4.78 is 13.0. The summed E-state index contributed by atoms with van der Waals surface area (Å²) in [6.07, 6.45) is 0. The highest BCUT2D eigenvalue weighted by Gasteiger charge is 2.22. The fraction of sp³-hybridized carbons (Fsp3) is 0.292. The molecule has 0 unspecified atom stereocenters. The summed E-state index contributed by atoms with van der Waals surface area (Å²) in [7, 11) is 0. The van der Waals surface area contributed by atoms with Gasteiger partial charge in [0.2, 0.25) is 0 Å². The van der Waals surface area contributed by atoms with Gasteiger partial charge in [-0.1, -0.05) is 6.07 Å². The van der Waals surface area contributed by atoms with Gasteiger partial charge in [0, 0.05) is 37.4 Å². The van der Waals surface area contributed by atoms with E-state index in [0.29, 0.717) is 31.9 Å². The van der Waals surface area contributed by atoms with E-state index in [1.165, 1.54) is 28.8 Å². The predicted molar refractivity (Wildman–Crippen MR) is 121 cm³/mol. The number of benzene rings is 2. The van der Waals surface area contributed by atoms with Gasteiger partial charge in [-0.25, -0.2) is 9.18 Å². The highest BCUT2D eigenvalue weighted by molar-refractivity contribution is 5.89. The van der Waals surface area contributed by atoms with Crippen LogP contribution in [0.2, 0.25) is 0 Å². The number of amides is 2. The topological polar surface area (TPSA) is 61.4 Å². The normalized spacial score (nSPS) is 13.9. The van der Waals surface area contributed by atoms with Crippen molar-refractivity contribution in [3.8, 4) is 11.3 Å². The lowest BCUT2D eigenvalue weighted by atomic mass is 9.99. The molecule has 0 radical (unpaired) electrons. The van der Waals surface area contributed by atoms with Gasteiger partial charge in [0.25, 0.3) is 0 Å². The summed E-state index contributed by atoms with van der Waals surface area (Å²) in [6.45, 7) is 8.81. The molecule has 0 bridgehead atoms. The quantitative estimate of drug-likeness (QED) is 0.676. The van der Waals surface area contributed by atoms with Gasteiger partial charge in [-0.15, -0.1) is 10.2 Å². The number of nitrogens with zero attached hydrogens (tertiary/aromatic N) is 4. The largest absolute Gasteiger partial charge is 0.352 e. The third-order valence-corrected chi connectivity index (χ3v) is 5.75. The summed E-state index contributed by atoms with van der Waals surface area (Å²) in [5.41, 5.74) is 6.24. The summed E-state index contributed by atoms with van der Waals surface area (Å²) in [5, 5.41) is 11.7. The van der Waals surface area contributed by atoms with Crippen molar-refractivity contribution in [1.82, 2.24) is 15.1 Å². The Morgan fingerprint density at radius 2 is 1.55 bits per heavy atom. The number of nitrogens with one attached hydrogen (secondary N) is 1. The highest BCUT2D eigenvalue weighted by atomic mass is 19.1. The Hall–Kier alpha value is -3.48. The molecule has 0 spiro atoms. The van der Waals surface area contributed by atoms with Crippen molar-refractivity contribution in [2.24, 2.45) is 0 Å². The number of anilines is 2. The van der Waals surface area contributed by atoms with E-state index in [4.69, 9.17) is 0 Å². The third kappa shape index (κ3) is 4.66. The molecule has 1 fully saturated rings. The van der Waals surface area contributed by atoms with E-state index in [1.807, 2.05) is 12.1 Å². The zero-order valence-electron chi connectivity index (χ0n) is 18.0. The van der Waals surface area contributed by atoms with Crippen LogP contribution in [0.5, 0.6) is 0 Å². The predicted octanol–water partition coefficient (Wildman–Crippen LogP) is 4.56. The van der Waals surface area contributed by atoms with E-state index in [-0.39, 0.29) is 11.8 Å². The molecule has 160 valence electrons. The lowest BCUT2D eigenvalue weighted by molar-refractivity contribution is 0.208. The number of rotatable bonds is 3. The van der Waals surface area contributed by atoms with Crippen molar-refractivity contribution in [3.05, 3.63) is 71.0 Å². The van der Waals surface area contributed by atoms with Crippen molar-refractivity contribution in [3.63, 3.8) is 0 Å². The van der Waals surface area contributed by atoms with E-state index >= 15 is 0 Å². The van der Waals surface area contributed by atoms with Gasteiger partial charge >= 0.3 is 6.03 Å². The molecule has 4 rings (SSSR count). The van der Waals surface area contributed by atoms with Gasteiger partial charge < -0.3 is 15.1 Å². The molecule has 0 saturated carbocycles. The molecule has 1 aliphatic heterocycles. The molecule has 6 nitrogen and oxygen atoms in total. The van der Waals surface area contributed by atoms with Gasteiger partial charge in [0.1, 0.15) is 5.82 Å². The van der Waals surface area contributed by atoms with Crippen molar-refractivity contribution in [1.29, 1.82) is 0 Å². The van der Waals surface area contributed by atoms with Crippen LogP contribution >= 0.6 is 0 Å². The lowest BCUT2D eigenvalue weighted by Crippen LogP contribution is -2.50. The lowest BCUT2D eigenvalue weighted by Gasteiger charge is -2.35. The van der Waals surface area contributed by atoms with Crippen LogP contribution in [0.4, 0.5) is 20.7 Å². The second-order valence-corrected chi connectivity index (χ2v) is 7.94. The fourth-order valence-corrected chi connectivity index (χ4v) is 3.75. The number of hydrogen-bond donors (Lipinski definition) is 1. The standard InChI is InChI=1S/C24H26FN5O/c1-16-14-18(3)21(15-17(16)2)22-8-9-23(28-27-22)29-10-12-30(13-11-29)24(31)26-20-6-4-19(25)5-7-20/h4-9,14-15H,10-13H2,1-3H3,(H,26,31). The van der Waals surface area contributed by atoms with E-state index < -0.39 is 0 Å². The van der Waals surface area contributed by atoms with Crippen LogP contribution in [0.25, 0.3) is 11.3 Å². The van der Waals surface area contributed by atoms with Gasteiger partial charge in [-0.3, -0.25) is 0 Å². The minimum Gasteiger partial charge on any atom is -0.352 e. The highest BCUT2D eigenvalue weighted by Crippen LogP contribution is 2.25. The van der Waals surface area contributed by atoms with Crippen LogP contribution < -0.4 is 10.2 Å². The molecule has 1 N–H and O–H groups in total. The smallest absolute Gasteiger partial charge is 0.321 e. The second kappa shape index (κ2) is 8.71. The molecule has 31 heavy (non-hydrogen) atoms. The number of aryl methyl sites for hydroxylation is 3. The average molecular weight is 420 g/mol. The maximum absolute atomic E-state index is 13.0. The number of hydrogen-bond acceptors (Lipinski definition) is 4. The molecular formula is C24H26FN5O. The molecule has 1 saturated heterocycles. The van der Waals surface area contributed by atoms with Gasteiger partial charge in [0.05, 0.1) is 5.69 Å². The van der Waals surface area contributed by atoms with Crippen LogP contribution in [0.15, 0.2) is 48.5 Å². The van der Waals surface area contributed by atoms with Gasteiger partial charge in [0.15, 0.2) is 5.82 Å². The monoisotopic (exact) mass is 419 g/mol. The third-order valence-electron chi connectivity index (χ3n) is 5.75. The van der Waals surface area contributed by atoms with Crippen LogP contribution in [0.1, 0.15) is 16.7 Å². The number of carbonyl (C=O) groups excluding carboxylic acids is 1. The van der Waals surface area contributed by atoms with Crippen LogP contribution in [0.3, 0.4) is 0 Å². The van der Waals surface area contributed by atoms with Crippen molar-refractivity contribution >= 4 is 17.5 Å². The Morgan fingerprint density at radius 3 is 2.19 bits per heavy atom. The first kappa shape index (κ1) is 20.8. The number of carbonyl (C=O) groups is 1. The zero-order valence-corrected chi connectivity index (χ0v) is 18.0. The van der Waals surface area contributed by atoms with E-state index in [9.17, 15) is 9.18 Å². The summed E-state index contributed by atoms with van der Waals surface area (Å²) in [6, 6.07) is 13.9. The number of halogens is 1. The SMILES string of the molecule is Cc1cc(C)c(-c2ccc(N3CCN(C(=O)Nc4ccc(F)cc4)CC3)nn2)cc1C. The van der Waals surface area contributed by atoms with Crippen molar-refractivity contribution in [2.45, 2.75) is 20.8 Å². The molecule has 2 heterocycles. The first-order valence-corrected chi connectivity index (χ1v) is 10.4. The Bertz CT molecular complexity index is 1070. The van der Waals surface area contributed by atoms with E-state index in [1.54, 1.807) is 17.0 Å². The molecule has 0 aliphatic carbocycles. The Balaban J connectivity index is 1.37. The summed E-state index contributed by atoms with van der Waals surface area (Å²) in [5.74, 6) is 0.482. The van der Waals surface area contributed by atoms with Crippen molar-refractivity contribution in [2.75, 3.05) is 36.4 Å². The van der Waals surface area contributed by atoms with E-state index in [2.05, 4.69) is 53.3 Å². The van der Waals surface area contributed by atoms with Gasteiger partial charge in [-0.2, -0.15) is 0 Å². The molecule has 1 aromatic heterocycles. The second-order valence-electron chi connectivity index (χ2n) is 7.94. The summed E-state index contributed by atoms with van der Waals surface area (Å²) >= 11 is 0. The molecule has 2 amide bonds. The molecule has 2 aromatic carbocycles. The zero-order chi connectivity index (χ0) is 22.0. The molecular weight excluding hydrogens is 393 g/mol. The number of piperazine rings is 1. The first-order chi connectivity index (χ1) is 14.9. The minimum absolute atomic E-state index is 0.182. The molecule has 1 aliphatic rings. The van der Waals surface area contributed by atoms with Crippen LogP contribution in [-0.2, 0) is 0 Å². The summed E-state index contributed by atoms with van der Waals surface area (Å²) in [4.78, 5) is 16.3. The Morgan fingerprint density at radius 1 is 0.871 bits per heavy atom. The minimum atomic E-state index is -0.327. The first-order valence-electron chi connectivity index (χ1n) is 10.4. The average Bonchev–Trinajstić information content (AvgIpc) is 2.78. The van der Waals surface area contributed by atoms with Crippen molar-refractivity contribution < 1.29 is 9.18 Å². The number of urea groups is 1. The van der Waals surface area contributed by atoms with Gasteiger partial charge in [-0.05, 0) is 79.9 Å².